The molecule has 7 heteroatoms. The van der Waals surface area contributed by atoms with Crippen LogP contribution in [0.5, 0.6) is 11.5 Å². The van der Waals surface area contributed by atoms with Crippen LogP contribution in [0.2, 0.25) is 0 Å². The van der Waals surface area contributed by atoms with Crippen molar-refractivity contribution >= 4 is 50.5 Å². The van der Waals surface area contributed by atoms with E-state index in [4.69, 9.17) is 9.47 Å². The van der Waals surface area contributed by atoms with Crippen molar-refractivity contribution in [1.29, 1.82) is 0 Å². The van der Waals surface area contributed by atoms with E-state index in [2.05, 4.69) is 33.2 Å². The van der Waals surface area contributed by atoms with Crippen LogP contribution in [0.25, 0.3) is 6.08 Å². The van der Waals surface area contributed by atoms with Gasteiger partial charge in [0.25, 0.3) is 5.91 Å². The molecule has 0 aromatic heterocycles. The molecular weight excluding hydrogens is 440 g/mol. The number of hydrogen-bond donors (Lipinski definition) is 1. The molecule has 0 aliphatic carbocycles. The topological polar surface area (TPSA) is 59.9 Å². The minimum absolute atomic E-state index is 0.147. The lowest BCUT2D eigenvalue weighted by molar-refractivity contribution is -0.115. The number of methoxy groups -OCH3 is 1. The minimum Gasteiger partial charge on any atom is -0.497 e. The molecule has 146 valence electrons. The molecule has 2 aromatic carbocycles. The number of amides is 1. The molecule has 1 atom stereocenters. The number of carbonyl (C=O) groups excluding carboxylic acids is 1. The summed E-state index contributed by atoms with van der Waals surface area (Å²) >= 11 is 4.86. The summed E-state index contributed by atoms with van der Waals surface area (Å²) in [4.78, 5) is 17.3. The molecule has 1 amide bonds. The molecule has 1 fully saturated rings. The van der Waals surface area contributed by atoms with Crippen molar-refractivity contribution in [2.24, 2.45) is 4.99 Å². The average Bonchev–Trinajstić information content (AvgIpc) is 3.03. The second-order valence-electron chi connectivity index (χ2n) is 6.21. The third-order valence-electron chi connectivity index (χ3n) is 4.11. The van der Waals surface area contributed by atoms with Crippen molar-refractivity contribution in [1.82, 2.24) is 5.32 Å². The Morgan fingerprint density at radius 1 is 1.25 bits per heavy atom. The van der Waals surface area contributed by atoms with Gasteiger partial charge in [-0.25, -0.2) is 4.99 Å². The Kier molecular flexibility index (Phi) is 6.80. The monoisotopic (exact) mass is 460 g/mol. The molecule has 1 heterocycles. The van der Waals surface area contributed by atoms with Crippen molar-refractivity contribution in [2.45, 2.75) is 26.4 Å². The van der Waals surface area contributed by atoms with Crippen LogP contribution in [-0.2, 0) is 4.79 Å². The zero-order valence-electron chi connectivity index (χ0n) is 15.9. The number of ether oxygens (including phenoxy) is 2. The Morgan fingerprint density at radius 2 is 2.00 bits per heavy atom. The smallest absolute Gasteiger partial charge is 0.264 e. The number of thioether (sulfide) groups is 1. The summed E-state index contributed by atoms with van der Waals surface area (Å²) in [5.41, 5.74) is 1.66. The number of aliphatic imine (C=N–C) groups is 1. The summed E-state index contributed by atoms with van der Waals surface area (Å²) in [5, 5.41) is 3.35. The van der Waals surface area contributed by atoms with Crippen LogP contribution in [0.3, 0.4) is 0 Å². The summed E-state index contributed by atoms with van der Waals surface area (Å²) in [6, 6.07) is 13.1. The summed E-state index contributed by atoms with van der Waals surface area (Å²) in [5.74, 6) is 1.40. The third-order valence-corrected chi connectivity index (χ3v) is 5.64. The molecule has 2 aromatic rings. The van der Waals surface area contributed by atoms with Gasteiger partial charge in [-0.2, -0.15) is 0 Å². The van der Waals surface area contributed by atoms with Crippen molar-refractivity contribution in [3.63, 3.8) is 0 Å². The number of amidine groups is 1. The van der Waals surface area contributed by atoms with E-state index in [0.29, 0.717) is 10.1 Å². The summed E-state index contributed by atoms with van der Waals surface area (Å²) in [6.07, 6.45) is 2.92. The van der Waals surface area contributed by atoms with Crippen LogP contribution in [0.1, 0.15) is 25.8 Å². The van der Waals surface area contributed by atoms with Crippen LogP contribution in [0.4, 0.5) is 5.69 Å². The SMILES string of the molecule is CC[C@@H](C)Oc1ccc(/C=C2/SC(=Nc3ccc(OC)cc3)NC2=O)cc1Br. The fourth-order valence-electron chi connectivity index (χ4n) is 2.41. The highest BCUT2D eigenvalue weighted by molar-refractivity contribution is 9.10. The van der Waals surface area contributed by atoms with Gasteiger partial charge in [-0.15, -0.1) is 0 Å². The largest absolute Gasteiger partial charge is 0.497 e. The lowest BCUT2D eigenvalue weighted by Gasteiger charge is -2.14. The summed E-state index contributed by atoms with van der Waals surface area (Å²) in [6.45, 7) is 4.11. The number of halogens is 1. The van der Waals surface area contributed by atoms with Gasteiger partial charge in [-0.1, -0.05) is 13.0 Å². The van der Waals surface area contributed by atoms with Gasteiger partial charge in [0.15, 0.2) is 5.17 Å². The molecule has 0 unspecified atom stereocenters. The molecule has 1 saturated heterocycles. The molecule has 0 radical (unpaired) electrons. The Morgan fingerprint density at radius 3 is 2.64 bits per heavy atom. The first-order chi connectivity index (χ1) is 13.5. The normalized spacial score (nSPS) is 17.6. The number of nitrogens with one attached hydrogen (secondary N) is 1. The second-order valence-corrected chi connectivity index (χ2v) is 8.09. The first-order valence-corrected chi connectivity index (χ1v) is 10.5. The van der Waals surface area contributed by atoms with Gasteiger partial charge in [-0.05, 0) is 89.1 Å². The lowest BCUT2D eigenvalue weighted by Crippen LogP contribution is -2.19. The van der Waals surface area contributed by atoms with Gasteiger partial charge >= 0.3 is 0 Å². The number of rotatable bonds is 6. The predicted molar refractivity (Wildman–Crippen MR) is 118 cm³/mol. The standard InChI is InChI=1S/C21H21BrN2O3S/c1-4-13(2)27-18-10-5-14(11-17(18)22)12-19-20(25)24-21(28-19)23-15-6-8-16(26-3)9-7-15/h5-13H,4H2,1-3H3,(H,23,24,25)/b19-12+/t13-/m1/s1. The fraction of sp³-hybridized carbons (Fsp3) is 0.238. The molecule has 5 nitrogen and oxygen atoms in total. The van der Waals surface area contributed by atoms with Crippen molar-refractivity contribution in [3.05, 3.63) is 57.4 Å². The molecule has 0 saturated carbocycles. The van der Waals surface area contributed by atoms with Gasteiger partial charge < -0.3 is 14.8 Å². The van der Waals surface area contributed by atoms with Gasteiger partial charge in [0, 0.05) is 0 Å². The molecule has 1 aliphatic rings. The number of hydrogen-bond acceptors (Lipinski definition) is 5. The Hall–Kier alpha value is -2.25. The van der Waals surface area contributed by atoms with Gasteiger partial charge in [0.05, 0.1) is 28.3 Å². The molecule has 1 aliphatic heterocycles. The minimum atomic E-state index is -0.159. The van der Waals surface area contributed by atoms with Crippen LogP contribution in [0.15, 0.2) is 56.8 Å². The van der Waals surface area contributed by atoms with Crippen LogP contribution >= 0.6 is 27.7 Å². The van der Waals surface area contributed by atoms with Crippen LogP contribution in [0, 0.1) is 0 Å². The zero-order valence-corrected chi connectivity index (χ0v) is 18.3. The lowest BCUT2D eigenvalue weighted by atomic mass is 10.2. The second kappa shape index (κ2) is 9.30. The highest BCUT2D eigenvalue weighted by atomic mass is 79.9. The Bertz CT molecular complexity index is 926. The summed E-state index contributed by atoms with van der Waals surface area (Å²) < 4.78 is 11.9. The van der Waals surface area contributed by atoms with E-state index in [-0.39, 0.29) is 12.0 Å². The fourth-order valence-corrected chi connectivity index (χ4v) is 3.74. The van der Waals surface area contributed by atoms with Crippen LogP contribution < -0.4 is 14.8 Å². The third kappa shape index (κ3) is 5.17. The van der Waals surface area contributed by atoms with Crippen molar-refractivity contribution in [2.75, 3.05) is 7.11 Å². The first kappa shape index (κ1) is 20.5. The van der Waals surface area contributed by atoms with E-state index >= 15 is 0 Å². The molecule has 1 N–H and O–H groups in total. The maximum Gasteiger partial charge on any atom is 0.264 e. The molecular formula is C21H21BrN2O3S. The average molecular weight is 461 g/mol. The predicted octanol–water partition coefficient (Wildman–Crippen LogP) is 5.53. The first-order valence-electron chi connectivity index (χ1n) is 8.88. The maximum atomic E-state index is 12.3. The summed E-state index contributed by atoms with van der Waals surface area (Å²) in [7, 11) is 1.62. The number of benzene rings is 2. The quantitative estimate of drug-likeness (QED) is 0.575. The molecule has 3 rings (SSSR count). The number of nitrogens with zero attached hydrogens (tertiary/aromatic N) is 1. The van der Waals surface area contributed by atoms with E-state index < -0.39 is 0 Å². The maximum absolute atomic E-state index is 12.3. The van der Waals surface area contributed by atoms with Crippen LogP contribution in [-0.4, -0.2) is 24.3 Å². The molecule has 28 heavy (non-hydrogen) atoms. The van der Waals surface area contributed by atoms with E-state index in [1.807, 2.05) is 55.5 Å². The van der Waals surface area contributed by atoms with E-state index in [1.165, 1.54) is 11.8 Å². The zero-order chi connectivity index (χ0) is 20.1. The van der Waals surface area contributed by atoms with Crippen molar-refractivity contribution < 1.29 is 14.3 Å². The van der Waals surface area contributed by atoms with E-state index in [1.54, 1.807) is 7.11 Å². The highest BCUT2D eigenvalue weighted by Crippen LogP contribution is 2.32. The van der Waals surface area contributed by atoms with Gasteiger partial charge in [0.1, 0.15) is 11.5 Å². The Labute approximate surface area is 177 Å². The molecule has 0 bridgehead atoms. The van der Waals surface area contributed by atoms with E-state index in [9.17, 15) is 4.79 Å². The highest BCUT2D eigenvalue weighted by Gasteiger charge is 2.24. The van der Waals surface area contributed by atoms with Gasteiger partial charge in [-0.3, -0.25) is 4.79 Å². The van der Waals surface area contributed by atoms with Crippen molar-refractivity contribution in [3.8, 4) is 11.5 Å². The number of carbonyl (C=O) groups is 1. The van der Waals surface area contributed by atoms with E-state index in [0.717, 1.165) is 33.6 Å². The van der Waals surface area contributed by atoms with Gasteiger partial charge in [0.2, 0.25) is 0 Å². The Balaban J connectivity index is 1.74. The molecule has 0 spiro atoms.